The molecule has 6 nitrogen and oxygen atoms in total. The second-order valence-electron chi connectivity index (χ2n) is 4.83. The number of nitrogens with zero attached hydrogens (tertiary/aromatic N) is 2. The molecule has 0 spiro atoms. The maximum absolute atomic E-state index is 10.8. The minimum Gasteiger partial charge on any atom is -0.380 e. The largest absolute Gasteiger partial charge is 0.380 e. The number of anilines is 1. The van der Waals surface area contributed by atoms with Gasteiger partial charge in [-0.1, -0.05) is 13.8 Å². The molecule has 0 bridgehead atoms. The minimum absolute atomic E-state index is 0.0817. The van der Waals surface area contributed by atoms with Crippen LogP contribution in [0, 0.1) is 23.0 Å². The second-order valence-corrected chi connectivity index (χ2v) is 4.83. The van der Waals surface area contributed by atoms with Crippen LogP contribution in [0.4, 0.5) is 11.5 Å². The van der Waals surface area contributed by atoms with E-state index in [0.717, 1.165) is 13.0 Å². The van der Waals surface area contributed by atoms with Gasteiger partial charge in [-0.05, 0) is 19.3 Å². The third-order valence-corrected chi connectivity index (χ3v) is 2.66. The molecule has 1 aromatic heterocycles. The third-order valence-electron chi connectivity index (χ3n) is 2.66. The maximum Gasteiger partial charge on any atom is 0.277 e. The highest BCUT2D eigenvalue weighted by atomic mass is 16.6. The van der Waals surface area contributed by atoms with E-state index in [1.54, 1.807) is 6.92 Å². The summed E-state index contributed by atoms with van der Waals surface area (Å²) in [4.78, 5) is 14.5. The summed E-state index contributed by atoms with van der Waals surface area (Å²) in [6.07, 6.45) is 2.54. The Morgan fingerprint density at radius 2 is 2.21 bits per heavy atom. The standard InChI is InChI=1S/C13H21N3O3/c1-10(2)4-6-19-7-5-14-13-8-12(16(17)18)11(3)9-15-13/h8-10H,4-7H2,1-3H3,(H,14,15). The van der Waals surface area contributed by atoms with Crippen molar-refractivity contribution in [1.82, 2.24) is 4.98 Å². The van der Waals surface area contributed by atoms with Crippen molar-refractivity contribution in [3.8, 4) is 0 Å². The summed E-state index contributed by atoms with van der Waals surface area (Å²) >= 11 is 0. The average molecular weight is 267 g/mol. The molecule has 0 saturated carbocycles. The van der Waals surface area contributed by atoms with Crippen LogP contribution in [0.5, 0.6) is 0 Å². The van der Waals surface area contributed by atoms with Gasteiger partial charge in [-0.2, -0.15) is 0 Å². The highest BCUT2D eigenvalue weighted by Gasteiger charge is 2.11. The Balaban J connectivity index is 2.34. The number of pyridine rings is 1. The summed E-state index contributed by atoms with van der Waals surface area (Å²) in [5.41, 5.74) is 0.641. The molecule has 0 aliphatic heterocycles. The van der Waals surface area contributed by atoms with Crippen LogP contribution in [0.15, 0.2) is 12.3 Å². The van der Waals surface area contributed by atoms with Crippen LogP contribution in [0.3, 0.4) is 0 Å². The van der Waals surface area contributed by atoms with Crippen LogP contribution in [-0.2, 0) is 4.74 Å². The Morgan fingerprint density at radius 3 is 2.84 bits per heavy atom. The first-order valence-corrected chi connectivity index (χ1v) is 6.43. The van der Waals surface area contributed by atoms with Gasteiger partial charge in [-0.15, -0.1) is 0 Å². The number of aromatic nitrogens is 1. The number of nitrogens with one attached hydrogen (secondary N) is 1. The predicted octanol–water partition coefficient (Wildman–Crippen LogP) is 2.77. The molecule has 0 aliphatic rings. The predicted molar refractivity (Wildman–Crippen MR) is 74.4 cm³/mol. The van der Waals surface area contributed by atoms with E-state index in [0.29, 0.717) is 30.5 Å². The molecule has 0 aliphatic carbocycles. The molecular formula is C13H21N3O3. The van der Waals surface area contributed by atoms with Crippen molar-refractivity contribution in [2.45, 2.75) is 27.2 Å². The lowest BCUT2D eigenvalue weighted by Gasteiger charge is -2.08. The smallest absolute Gasteiger partial charge is 0.277 e. The van der Waals surface area contributed by atoms with Crippen molar-refractivity contribution in [2.24, 2.45) is 5.92 Å². The second kappa shape index (κ2) is 7.68. The van der Waals surface area contributed by atoms with E-state index >= 15 is 0 Å². The number of rotatable bonds is 8. The zero-order chi connectivity index (χ0) is 14.3. The Morgan fingerprint density at radius 1 is 1.47 bits per heavy atom. The highest BCUT2D eigenvalue weighted by molar-refractivity contribution is 5.48. The third kappa shape index (κ3) is 5.65. The molecule has 1 aromatic rings. The van der Waals surface area contributed by atoms with Crippen molar-refractivity contribution < 1.29 is 9.66 Å². The van der Waals surface area contributed by atoms with E-state index in [4.69, 9.17) is 4.74 Å². The molecule has 1 N–H and O–H groups in total. The zero-order valence-corrected chi connectivity index (χ0v) is 11.7. The van der Waals surface area contributed by atoms with Crippen molar-refractivity contribution in [2.75, 3.05) is 25.1 Å². The molecule has 1 heterocycles. The normalized spacial score (nSPS) is 10.7. The summed E-state index contributed by atoms with van der Waals surface area (Å²) < 4.78 is 5.44. The first-order valence-electron chi connectivity index (χ1n) is 6.43. The molecule has 6 heteroatoms. The molecule has 1 rings (SSSR count). The number of hydrogen-bond donors (Lipinski definition) is 1. The number of nitro groups is 1. The monoisotopic (exact) mass is 267 g/mol. The first-order chi connectivity index (χ1) is 9.00. The Hall–Kier alpha value is -1.69. The van der Waals surface area contributed by atoms with Crippen LogP contribution >= 0.6 is 0 Å². The minimum atomic E-state index is -0.401. The first kappa shape index (κ1) is 15.4. The van der Waals surface area contributed by atoms with E-state index in [-0.39, 0.29) is 5.69 Å². The van der Waals surface area contributed by atoms with Crippen LogP contribution < -0.4 is 5.32 Å². The van der Waals surface area contributed by atoms with E-state index < -0.39 is 4.92 Å². The molecule has 106 valence electrons. The fourth-order valence-electron chi connectivity index (χ4n) is 1.48. The van der Waals surface area contributed by atoms with Gasteiger partial charge >= 0.3 is 0 Å². The van der Waals surface area contributed by atoms with E-state index in [1.807, 2.05) is 0 Å². The van der Waals surface area contributed by atoms with Crippen molar-refractivity contribution in [3.63, 3.8) is 0 Å². The summed E-state index contributed by atoms with van der Waals surface area (Å²) in [6.45, 7) is 7.86. The van der Waals surface area contributed by atoms with Gasteiger partial charge < -0.3 is 10.1 Å². The van der Waals surface area contributed by atoms with Crippen LogP contribution in [0.1, 0.15) is 25.8 Å². The number of aryl methyl sites for hydroxylation is 1. The lowest BCUT2D eigenvalue weighted by molar-refractivity contribution is -0.385. The number of hydrogen-bond acceptors (Lipinski definition) is 5. The summed E-state index contributed by atoms with van der Waals surface area (Å²) in [6, 6.07) is 1.45. The van der Waals surface area contributed by atoms with Crippen LogP contribution in [-0.4, -0.2) is 29.7 Å². The maximum atomic E-state index is 10.8. The topological polar surface area (TPSA) is 77.3 Å². The van der Waals surface area contributed by atoms with Gasteiger partial charge in [0.15, 0.2) is 0 Å². The highest BCUT2D eigenvalue weighted by Crippen LogP contribution is 2.19. The fraction of sp³-hybridized carbons (Fsp3) is 0.615. The molecule has 0 atom stereocenters. The molecular weight excluding hydrogens is 246 g/mol. The van der Waals surface area contributed by atoms with E-state index in [9.17, 15) is 10.1 Å². The van der Waals surface area contributed by atoms with Gasteiger partial charge in [-0.3, -0.25) is 10.1 Å². The summed E-state index contributed by atoms with van der Waals surface area (Å²) in [5, 5.41) is 13.8. The Labute approximate surface area is 113 Å². The zero-order valence-electron chi connectivity index (χ0n) is 11.7. The van der Waals surface area contributed by atoms with Crippen molar-refractivity contribution in [1.29, 1.82) is 0 Å². The molecule has 0 radical (unpaired) electrons. The van der Waals surface area contributed by atoms with Gasteiger partial charge in [0.05, 0.1) is 17.6 Å². The quantitative estimate of drug-likeness (QED) is 0.445. The SMILES string of the molecule is Cc1cnc(NCCOCCC(C)C)cc1[N+](=O)[O-]. The lowest BCUT2D eigenvalue weighted by atomic mass is 10.1. The van der Waals surface area contributed by atoms with E-state index in [2.05, 4.69) is 24.1 Å². The van der Waals surface area contributed by atoms with Crippen LogP contribution in [0.2, 0.25) is 0 Å². The van der Waals surface area contributed by atoms with Crippen LogP contribution in [0.25, 0.3) is 0 Å². The van der Waals surface area contributed by atoms with Gasteiger partial charge in [0.25, 0.3) is 5.69 Å². The fourth-order valence-corrected chi connectivity index (χ4v) is 1.48. The molecule has 19 heavy (non-hydrogen) atoms. The van der Waals surface area contributed by atoms with E-state index in [1.165, 1.54) is 12.3 Å². The van der Waals surface area contributed by atoms with Gasteiger partial charge in [0.1, 0.15) is 5.82 Å². The van der Waals surface area contributed by atoms with Gasteiger partial charge in [-0.25, -0.2) is 4.98 Å². The Bertz CT molecular complexity index is 422. The summed E-state index contributed by atoms with van der Waals surface area (Å²) in [5.74, 6) is 1.14. The lowest BCUT2D eigenvalue weighted by Crippen LogP contribution is -2.12. The van der Waals surface area contributed by atoms with Gasteiger partial charge in [0, 0.05) is 24.9 Å². The summed E-state index contributed by atoms with van der Waals surface area (Å²) in [7, 11) is 0. The van der Waals surface area contributed by atoms with Gasteiger partial charge in [0.2, 0.25) is 0 Å². The van der Waals surface area contributed by atoms with Crippen molar-refractivity contribution in [3.05, 3.63) is 27.9 Å². The molecule has 0 aromatic carbocycles. The molecule has 0 amide bonds. The number of ether oxygens (including phenoxy) is 1. The molecule has 0 unspecified atom stereocenters. The molecule has 0 fully saturated rings. The Kier molecular flexibility index (Phi) is 6.21. The molecule has 0 saturated heterocycles. The van der Waals surface area contributed by atoms with Crippen molar-refractivity contribution >= 4 is 11.5 Å². The average Bonchev–Trinajstić information content (AvgIpc) is 2.34.